The number of para-hydroxylation sites is 1. The molecule has 1 N–H and O–H groups in total. The number of carbonyl (C=O) groups excluding carboxylic acids is 1. The van der Waals surface area contributed by atoms with Crippen molar-refractivity contribution in [2.45, 2.75) is 0 Å². The van der Waals surface area contributed by atoms with Crippen molar-refractivity contribution in [2.24, 2.45) is 0 Å². The number of ether oxygens (including phenoxy) is 1. The molecule has 0 fully saturated rings. The Morgan fingerprint density at radius 3 is 2.84 bits per heavy atom. The fourth-order valence-corrected chi connectivity index (χ4v) is 1.89. The Kier molecular flexibility index (Phi) is 4.92. The third kappa shape index (κ3) is 4.06. The third-order valence-corrected chi connectivity index (χ3v) is 3.06. The molecule has 0 saturated carbocycles. The summed E-state index contributed by atoms with van der Waals surface area (Å²) in [6, 6.07) is 11.0. The van der Waals surface area contributed by atoms with Gasteiger partial charge in [0, 0.05) is 12.4 Å². The number of carbonyl (C=O) groups is 1. The first-order chi connectivity index (χ1) is 9.27. The van der Waals surface area contributed by atoms with Crippen molar-refractivity contribution in [1.82, 2.24) is 10.3 Å². The predicted molar refractivity (Wildman–Crippen MR) is 76.2 cm³/mol. The number of rotatable bonds is 5. The van der Waals surface area contributed by atoms with E-state index in [1.807, 2.05) is 24.3 Å². The molecule has 1 aromatic heterocycles. The maximum absolute atomic E-state index is 11.7. The highest BCUT2D eigenvalue weighted by atomic mass is 79.9. The fraction of sp³-hybridized carbons (Fsp3) is 0.143. The molecule has 0 aliphatic rings. The van der Waals surface area contributed by atoms with Crippen LogP contribution in [0.25, 0.3) is 0 Å². The van der Waals surface area contributed by atoms with Gasteiger partial charge in [0.25, 0.3) is 5.91 Å². The Balaban J connectivity index is 1.76. The van der Waals surface area contributed by atoms with Crippen molar-refractivity contribution in [1.29, 1.82) is 0 Å². The molecule has 0 bridgehead atoms. The lowest BCUT2D eigenvalue weighted by atomic mass is 10.3. The van der Waals surface area contributed by atoms with E-state index in [0.29, 0.717) is 18.7 Å². The van der Waals surface area contributed by atoms with E-state index >= 15 is 0 Å². The first-order valence-electron chi connectivity index (χ1n) is 5.83. The molecule has 0 saturated heterocycles. The second-order valence-electron chi connectivity index (χ2n) is 3.78. The van der Waals surface area contributed by atoms with Gasteiger partial charge in [0.05, 0.1) is 16.6 Å². The van der Waals surface area contributed by atoms with Crippen LogP contribution in [0, 0.1) is 0 Å². The van der Waals surface area contributed by atoms with Crippen molar-refractivity contribution in [2.75, 3.05) is 13.2 Å². The zero-order chi connectivity index (χ0) is 13.5. The summed E-state index contributed by atoms with van der Waals surface area (Å²) < 4.78 is 6.44. The summed E-state index contributed by atoms with van der Waals surface area (Å²) in [5.74, 6) is 0.613. The lowest BCUT2D eigenvalue weighted by Gasteiger charge is -2.08. The Morgan fingerprint density at radius 2 is 2.11 bits per heavy atom. The Labute approximate surface area is 119 Å². The van der Waals surface area contributed by atoms with Crippen LogP contribution >= 0.6 is 15.9 Å². The number of hydrogen-bond donors (Lipinski definition) is 1. The minimum absolute atomic E-state index is 0.149. The molecule has 0 aliphatic carbocycles. The van der Waals surface area contributed by atoms with E-state index in [2.05, 4.69) is 26.2 Å². The van der Waals surface area contributed by atoms with Crippen LogP contribution in [0.5, 0.6) is 5.75 Å². The van der Waals surface area contributed by atoms with E-state index in [9.17, 15) is 4.79 Å². The second kappa shape index (κ2) is 6.89. The van der Waals surface area contributed by atoms with Gasteiger partial charge in [-0.25, -0.2) is 0 Å². The normalized spacial score (nSPS) is 9.95. The maximum Gasteiger partial charge on any atom is 0.252 e. The highest BCUT2D eigenvalue weighted by molar-refractivity contribution is 9.10. The molecule has 0 spiro atoms. The topological polar surface area (TPSA) is 51.2 Å². The van der Waals surface area contributed by atoms with Crippen LogP contribution in [-0.4, -0.2) is 24.0 Å². The Hall–Kier alpha value is -1.88. The van der Waals surface area contributed by atoms with E-state index in [4.69, 9.17) is 4.74 Å². The number of amides is 1. The van der Waals surface area contributed by atoms with Gasteiger partial charge in [-0.2, -0.15) is 0 Å². The third-order valence-electron chi connectivity index (χ3n) is 2.41. The molecule has 19 heavy (non-hydrogen) atoms. The van der Waals surface area contributed by atoms with Crippen molar-refractivity contribution >= 4 is 21.8 Å². The average Bonchev–Trinajstić information content (AvgIpc) is 2.46. The number of hydrogen-bond acceptors (Lipinski definition) is 3. The van der Waals surface area contributed by atoms with E-state index in [1.54, 1.807) is 18.3 Å². The fourth-order valence-electron chi connectivity index (χ4n) is 1.49. The minimum atomic E-state index is -0.149. The molecular formula is C14H13BrN2O2. The highest BCUT2D eigenvalue weighted by Gasteiger charge is 2.04. The van der Waals surface area contributed by atoms with Crippen molar-refractivity contribution in [3.63, 3.8) is 0 Å². The lowest BCUT2D eigenvalue weighted by Crippen LogP contribution is -2.28. The first-order valence-corrected chi connectivity index (χ1v) is 6.62. The summed E-state index contributed by atoms with van der Waals surface area (Å²) in [5.41, 5.74) is 0.545. The SMILES string of the molecule is O=C(NCCOc1ccccc1Br)c1cccnc1. The molecule has 1 amide bonds. The molecule has 4 nitrogen and oxygen atoms in total. The van der Waals surface area contributed by atoms with Crippen LogP contribution < -0.4 is 10.1 Å². The monoisotopic (exact) mass is 320 g/mol. The van der Waals surface area contributed by atoms with Crippen LogP contribution in [0.1, 0.15) is 10.4 Å². The summed E-state index contributed by atoms with van der Waals surface area (Å²) in [4.78, 5) is 15.6. The van der Waals surface area contributed by atoms with Gasteiger partial charge in [0.1, 0.15) is 12.4 Å². The van der Waals surface area contributed by atoms with Gasteiger partial charge >= 0.3 is 0 Å². The molecule has 2 aromatic rings. The average molecular weight is 321 g/mol. The van der Waals surface area contributed by atoms with E-state index in [1.165, 1.54) is 6.20 Å². The van der Waals surface area contributed by atoms with Gasteiger partial charge in [0.15, 0.2) is 0 Å². The van der Waals surface area contributed by atoms with E-state index in [0.717, 1.165) is 10.2 Å². The number of halogens is 1. The van der Waals surface area contributed by atoms with Gasteiger partial charge in [-0.15, -0.1) is 0 Å². The first kappa shape index (κ1) is 13.5. The minimum Gasteiger partial charge on any atom is -0.491 e. The molecule has 5 heteroatoms. The molecule has 1 heterocycles. The summed E-state index contributed by atoms with van der Waals surface area (Å²) in [7, 11) is 0. The number of pyridine rings is 1. The van der Waals surface area contributed by atoms with Gasteiger partial charge < -0.3 is 10.1 Å². The van der Waals surface area contributed by atoms with Crippen LogP contribution in [-0.2, 0) is 0 Å². The standard InChI is InChI=1S/C14H13BrN2O2/c15-12-5-1-2-6-13(12)19-9-8-17-14(18)11-4-3-7-16-10-11/h1-7,10H,8-9H2,(H,17,18). The molecule has 1 aromatic carbocycles. The molecule has 0 radical (unpaired) electrons. The number of benzene rings is 1. The largest absolute Gasteiger partial charge is 0.491 e. The molecular weight excluding hydrogens is 308 g/mol. The summed E-state index contributed by atoms with van der Waals surface area (Å²) in [5, 5.41) is 2.77. The van der Waals surface area contributed by atoms with Crippen molar-refractivity contribution < 1.29 is 9.53 Å². The van der Waals surface area contributed by atoms with Crippen LogP contribution in [0.3, 0.4) is 0 Å². The number of nitrogens with one attached hydrogen (secondary N) is 1. The molecule has 0 aliphatic heterocycles. The molecule has 98 valence electrons. The highest BCUT2D eigenvalue weighted by Crippen LogP contribution is 2.23. The zero-order valence-electron chi connectivity index (χ0n) is 10.2. The summed E-state index contributed by atoms with van der Waals surface area (Å²) in [6.07, 6.45) is 3.16. The zero-order valence-corrected chi connectivity index (χ0v) is 11.8. The van der Waals surface area contributed by atoms with Crippen LogP contribution in [0.4, 0.5) is 0 Å². The summed E-state index contributed by atoms with van der Waals surface area (Å²) in [6.45, 7) is 0.851. The maximum atomic E-state index is 11.7. The molecule has 2 rings (SSSR count). The van der Waals surface area contributed by atoms with Gasteiger partial charge in [-0.1, -0.05) is 12.1 Å². The molecule has 0 unspecified atom stereocenters. The Morgan fingerprint density at radius 1 is 1.26 bits per heavy atom. The lowest BCUT2D eigenvalue weighted by molar-refractivity contribution is 0.0946. The van der Waals surface area contributed by atoms with Crippen LogP contribution in [0.15, 0.2) is 53.3 Å². The molecule has 0 atom stereocenters. The summed E-state index contributed by atoms with van der Waals surface area (Å²) >= 11 is 3.39. The van der Waals surface area contributed by atoms with E-state index < -0.39 is 0 Å². The van der Waals surface area contributed by atoms with E-state index in [-0.39, 0.29) is 5.91 Å². The number of aromatic nitrogens is 1. The quantitative estimate of drug-likeness (QED) is 0.862. The van der Waals surface area contributed by atoms with Gasteiger partial charge in [-0.05, 0) is 40.2 Å². The predicted octanol–water partition coefficient (Wildman–Crippen LogP) is 2.65. The van der Waals surface area contributed by atoms with Crippen molar-refractivity contribution in [3.8, 4) is 5.75 Å². The smallest absolute Gasteiger partial charge is 0.252 e. The van der Waals surface area contributed by atoms with Crippen molar-refractivity contribution in [3.05, 3.63) is 58.8 Å². The number of nitrogens with zero attached hydrogens (tertiary/aromatic N) is 1. The van der Waals surface area contributed by atoms with Gasteiger partial charge in [-0.3, -0.25) is 9.78 Å². The second-order valence-corrected chi connectivity index (χ2v) is 4.63. The Bertz CT molecular complexity index is 546. The van der Waals surface area contributed by atoms with Crippen LogP contribution in [0.2, 0.25) is 0 Å². The van der Waals surface area contributed by atoms with Gasteiger partial charge in [0.2, 0.25) is 0 Å².